The number of halogens is 3. The van der Waals surface area contributed by atoms with Crippen LogP contribution in [-0.2, 0) is 12.9 Å². The van der Waals surface area contributed by atoms with Crippen LogP contribution in [0, 0.1) is 0 Å². The van der Waals surface area contributed by atoms with E-state index in [2.05, 4.69) is 5.10 Å². The Labute approximate surface area is 117 Å². The Bertz CT molecular complexity index is 261. The number of hydrogen-bond donors (Lipinski definition) is 0. The van der Waals surface area contributed by atoms with Crippen LogP contribution in [0.5, 0.6) is 0 Å². The van der Waals surface area contributed by atoms with E-state index >= 15 is 0 Å². The molecule has 1 rings (SSSR count). The molecule has 0 saturated carbocycles. The van der Waals surface area contributed by atoms with E-state index < -0.39 is 13.3 Å². The fraction of sp³-hybridized carbons (Fsp3) is 0.500. The third-order valence-corrected chi connectivity index (χ3v) is 1.48. The molecule has 1 heterocycles. The minimum Gasteiger partial charge on any atom is -0.449 e. The van der Waals surface area contributed by atoms with Gasteiger partial charge in [0.05, 0.1) is 0 Å². The van der Waals surface area contributed by atoms with Crippen molar-refractivity contribution in [2.75, 3.05) is 0 Å². The second kappa shape index (κ2) is 5.55. The summed E-state index contributed by atoms with van der Waals surface area (Å²) in [5, 5.41) is 3.75. The molecule has 1 aromatic rings. The van der Waals surface area contributed by atoms with Gasteiger partial charge in [-0.15, -0.1) is 0 Å². The maximum Gasteiger partial charge on any atom is 1.00 e. The van der Waals surface area contributed by atoms with Crippen LogP contribution in [0.3, 0.4) is 0 Å². The van der Waals surface area contributed by atoms with Gasteiger partial charge in [0.25, 0.3) is 0 Å². The molecule has 0 aromatic carbocycles. The molecule has 0 fully saturated rings. The molecular weight excluding hydrogens is 207 g/mol. The van der Waals surface area contributed by atoms with Crippen molar-refractivity contribution in [2.24, 2.45) is 0 Å². The third-order valence-electron chi connectivity index (χ3n) is 1.48. The Balaban J connectivity index is 0.00000144. The van der Waals surface area contributed by atoms with Crippen LogP contribution < -0.4 is 51.4 Å². The van der Waals surface area contributed by atoms with Gasteiger partial charge in [-0.2, -0.15) is 5.10 Å². The van der Waals surface area contributed by atoms with E-state index in [1.807, 2.05) is 6.92 Å². The second-order valence-electron chi connectivity index (χ2n) is 2.62. The molecule has 68 valence electrons. The topological polar surface area (TPSA) is 17.8 Å². The molecule has 0 saturated heterocycles. The average Bonchev–Trinajstić information content (AvgIpc) is 2.32. The molecule has 13 heavy (non-hydrogen) atoms. The molecule has 0 radical (unpaired) electrons. The molecule has 0 spiro atoms. The van der Waals surface area contributed by atoms with Crippen LogP contribution in [0.4, 0.5) is 12.9 Å². The average molecular weight is 216 g/mol. The van der Waals surface area contributed by atoms with E-state index in [0.29, 0.717) is 6.54 Å². The Morgan fingerprint density at radius 2 is 2.08 bits per heavy atom. The van der Waals surface area contributed by atoms with Gasteiger partial charge in [-0.1, -0.05) is 6.32 Å². The Morgan fingerprint density at radius 3 is 2.46 bits per heavy atom. The first-order chi connectivity index (χ1) is 5.51. The summed E-state index contributed by atoms with van der Waals surface area (Å²) >= 11 is 0. The van der Waals surface area contributed by atoms with Crippen LogP contribution >= 0.6 is 0 Å². The molecular formula is C6H9BF3KN2. The minimum atomic E-state index is -4.73. The predicted octanol–water partition coefficient (Wildman–Crippen LogP) is -1.16. The van der Waals surface area contributed by atoms with E-state index in [-0.39, 0.29) is 56.9 Å². The monoisotopic (exact) mass is 216 g/mol. The number of aromatic nitrogens is 2. The van der Waals surface area contributed by atoms with E-state index in [1.54, 1.807) is 0 Å². The summed E-state index contributed by atoms with van der Waals surface area (Å²) in [6, 6.07) is 0. The summed E-state index contributed by atoms with van der Waals surface area (Å²) in [5.41, 5.74) is 0.240. The van der Waals surface area contributed by atoms with Crippen molar-refractivity contribution in [2.45, 2.75) is 19.8 Å². The zero-order valence-corrected chi connectivity index (χ0v) is 10.8. The zero-order chi connectivity index (χ0) is 9.19. The molecule has 1 aromatic heterocycles. The van der Waals surface area contributed by atoms with Crippen molar-refractivity contribution in [3.63, 3.8) is 0 Å². The van der Waals surface area contributed by atoms with Crippen molar-refractivity contribution < 1.29 is 64.3 Å². The Morgan fingerprint density at radius 1 is 1.46 bits per heavy atom. The van der Waals surface area contributed by atoms with Gasteiger partial charge in [-0.25, -0.2) is 0 Å². The smallest absolute Gasteiger partial charge is 0.449 e. The summed E-state index contributed by atoms with van der Waals surface area (Å²) in [6.07, 6.45) is 1.86. The number of aryl methyl sites for hydroxylation is 1. The Hall–Kier alpha value is 0.701. The molecule has 0 unspecified atom stereocenters. The SMILES string of the molecule is CCn1cc(C[B-](F)(F)F)cn1.[K+]. The van der Waals surface area contributed by atoms with E-state index in [1.165, 1.54) is 17.1 Å². The molecule has 0 aliphatic heterocycles. The largest absolute Gasteiger partial charge is 1.00 e. The minimum absolute atomic E-state index is 0. The zero-order valence-electron chi connectivity index (χ0n) is 7.67. The molecule has 0 aliphatic carbocycles. The Kier molecular flexibility index (Phi) is 5.85. The van der Waals surface area contributed by atoms with Gasteiger partial charge in [-0.3, -0.25) is 4.68 Å². The number of nitrogens with zero attached hydrogens (tertiary/aromatic N) is 2. The van der Waals surface area contributed by atoms with Crippen LogP contribution in [0.1, 0.15) is 12.5 Å². The van der Waals surface area contributed by atoms with Gasteiger partial charge in [0.2, 0.25) is 0 Å². The first-order valence-corrected chi connectivity index (χ1v) is 3.73. The van der Waals surface area contributed by atoms with Gasteiger partial charge < -0.3 is 12.9 Å². The molecule has 0 amide bonds. The first kappa shape index (κ1) is 13.7. The van der Waals surface area contributed by atoms with Gasteiger partial charge in [0, 0.05) is 18.9 Å². The van der Waals surface area contributed by atoms with Crippen LogP contribution in [0.15, 0.2) is 12.4 Å². The maximum absolute atomic E-state index is 11.9. The quantitative estimate of drug-likeness (QED) is 0.582. The number of rotatable bonds is 3. The summed E-state index contributed by atoms with van der Waals surface area (Å²) in [6.45, 7) is -2.30. The van der Waals surface area contributed by atoms with Gasteiger partial charge in [0.15, 0.2) is 0 Å². The summed E-state index contributed by atoms with van der Waals surface area (Å²) in [7, 11) is 0. The molecule has 0 bridgehead atoms. The van der Waals surface area contributed by atoms with E-state index in [0.717, 1.165) is 0 Å². The van der Waals surface area contributed by atoms with E-state index in [4.69, 9.17) is 0 Å². The predicted molar refractivity (Wildman–Crippen MR) is 40.7 cm³/mol. The molecule has 2 nitrogen and oxygen atoms in total. The normalized spacial score (nSPS) is 11.1. The number of hydrogen-bond acceptors (Lipinski definition) is 1. The van der Waals surface area contributed by atoms with Crippen molar-refractivity contribution in [1.82, 2.24) is 9.78 Å². The third kappa shape index (κ3) is 5.21. The van der Waals surface area contributed by atoms with Crippen LogP contribution in [0.25, 0.3) is 0 Å². The molecule has 7 heteroatoms. The molecule has 0 N–H and O–H groups in total. The first-order valence-electron chi connectivity index (χ1n) is 3.73. The van der Waals surface area contributed by atoms with Gasteiger partial charge in [-0.05, 0) is 12.5 Å². The van der Waals surface area contributed by atoms with E-state index in [9.17, 15) is 12.9 Å². The van der Waals surface area contributed by atoms with Gasteiger partial charge in [0.1, 0.15) is 0 Å². The van der Waals surface area contributed by atoms with Crippen molar-refractivity contribution in [1.29, 1.82) is 0 Å². The van der Waals surface area contributed by atoms with Crippen LogP contribution in [0.2, 0.25) is 0 Å². The summed E-state index contributed by atoms with van der Waals surface area (Å²) in [4.78, 5) is 0. The summed E-state index contributed by atoms with van der Waals surface area (Å²) in [5.74, 6) is 0. The van der Waals surface area contributed by atoms with Gasteiger partial charge >= 0.3 is 58.4 Å². The maximum atomic E-state index is 11.9. The van der Waals surface area contributed by atoms with Crippen molar-refractivity contribution in [3.8, 4) is 0 Å². The standard InChI is InChI=1S/C6H9BF3N2.K/c1-2-12-5-6(4-11-12)3-7(8,9)10;/h4-5H,2-3H2,1H3;/q-1;+1. The second-order valence-corrected chi connectivity index (χ2v) is 2.62. The fourth-order valence-electron chi connectivity index (χ4n) is 0.952. The molecule has 0 atom stereocenters. The van der Waals surface area contributed by atoms with Crippen LogP contribution in [-0.4, -0.2) is 16.8 Å². The fourth-order valence-corrected chi connectivity index (χ4v) is 0.952. The molecule has 0 aliphatic rings. The van der Waals surface area contributed by atoms with Crippen molar-refractivity contribution >= 4 is 6.98 Å². The van der Waals surface area contributed by atoms with Crippen molar-refractivity contribution in [3.05, 3.63) is 18.0 Å². The summed E-state index contributed by atoms with van der Waals surface area (Å²) < 4.78 is 37.1.